The second-order valence-corrected chi connectivity index (χ2v) is 3.57. The minimum atomic E-state index is 0.777. The fourth-order valence-corrected chi connectivity index (χ4v) is 1.68. The second kappa shape index (κ2) is 3.49. The van der Waals surface area contributed by atoms with E-state index in [-0.39, 0.29) is 0 Å². The molecule has 3 heteroatoms. The van der Waals surface area contributed by atoms with Crippen LogP contribution in [0.15, 0.2) is 29.2 Å². The van der Waals surface area contributed by atoms with Crippen molar-refractivity contribution in [3.05, 3.63) is 29.3 Å². The summed E-state index contributed by atoms with van der Waals surface area (Å²) in [7, 11) is 1.51. The first-order valence-electron chi connectivity index (χ1n) is 2.37. The third-order valence-electron chi connectivity index (χ3n) is 0.885. The molecule has 0 aromatic heterocycles. The van der Waals surface area contributed by atoms with Gasteiger partial charge in [-0.3, -0.25) is 0 Å². The quantitative estimate of drug-likeness (QED) is 0.699. The van der Waals surface area contributed by atoms with Crippen LogP contribution in [-0.2, 0) is 0 Å². The van der Waals surface area contributed by atoms with Crippen molar-refractivity contribution >= 4 is 36.6 Å². The van der Waals surface area contributed by atoms with E-state index in [1.807, 2.05) is 24.3 Å². The summed E-state index contributed by atoms with van der Waals surface area (Å²) in [4.78, 5) is 1.13. The average molecular weight is 224 g/mol. The molecule has 0 aliphatic heterocycles. The normalized spacial score (nSPS) is 9.56. The van der Waals surface area contributed by atoms with Crippen LogP contribution in [0.4, 0.5) is 0 Å². The van der Waals surface area contributed by atoms with Crippen molar-refractivity contribution in [2.24, 2.45) is 0 Å². The largest absolute Gasteiger partial charge is 0.0843 e. The van der Waals surface area contributed by atoms with Gasteiger partial charge in [-0.15, -0.1) is 0 Å². The Hall–Kier alpha value is 0.340. The van der Waals surface area contributed by atoms with Crippen molar-refractivity contribution in [3.8, 4) is 0 Å². The Balaban J connectivity index is 2.94. The molecule has 0 saturated heterocycles. The predicted octanol–water partition coefficient (Wildman–Crippen LogP) is 3.74. The third kappa shape index (κ3) is 2.20. The molecule has 0 heterocycles. The summed E-state index contributed by atoms with van der Waals surface area (Å²) in [5.41, 5.74) is 0. The van der Waals surface area contributed by atoms with Gasteiger partial charge in [0.2, 0.25) is 0 Å². The number of benzene rings is 1. The van der Waals surface area contributed by atoms with Gasteiger partial charge in [-0.25, -0.2) is 0 Å². The van der Waals surface area contributed by atoms with Crippen LogP contribution in [0, 0.1) is 0 Å². The Bertz CT molecular complexity index is 202. The van der Waals surface area contributed by atoms with Crippen molar-refractivity contribution < 1.29 is 0 Å². The second-order valence-electron chi connectivity index (χ2n) is 1.53. The minimum Gasteiger partial charge on any atom is -0.0843 e. The molecule has 9 heavy (non-hydrogen) atoms. The van der Waals surface area contributed by atoms with Crippen LogP contribution < -0.4 is 0 Å². The number of halogens is 2. The van der Waals surface area contributed by atoms with Crippen molar-refractivity contribution in [3.63, 3.8) is 0 Å². The maximum Gasteiger partial charge on any atom is 0.0417 e. The van der Waals surface area contributed by atoms with Crippen molar-refractivity contribution in [2.75, 3.05) is 0 Å². The van der Waals surface area contributed by atoms with Gasteiger partial charge in [0.15, 0.2) is 0 Å². The van der Waals surface area contributed by atoms with E-state index in [0.717, 1.165) is 9.92 Å². The highest BCUT2D eigenvalue weighted by atomic mass is 79.9. The summed E-state index contributed by atoms with van der Waals surface area (Å²) in [6.45, 7) is 0. The highest BCUT2D eigenvalue weighted by molar-refractivity contribution is 9.50. The molecule has 0 atom stereocenters. The lowest BCUT2D eigenvalue weighted by atomic mass is 10.4. The molecule has 0 bridgehead atoms. The van der Waals surface area contributed by atoms with E-state index in [0.29, 0.717) is 0 Å². The zero-order chi connectivity index (χ0) is 6.69. The van der Waals surface area contributed by atoms with E-state index in [1.54, 1.807) is 0 Å². The zero-order valence-corrected chi connectivity index (χ0v) is 7.63. The lowest BCUT2D eigenvalue weighted by molar-refractivity contribution is 1.48. The average Bonchev–Trinajstić information content (AvgIpc) is 1.88. The lowest BCUT2D eigenvalue weighted by Crippen LogP contribution is -1.64. The van der Waals surface area contributed by atoms with Gasteiger partial charge >= 0.3 is 0 Å². The summed E-state index contributed by atoms with van der Waals surface area (Å²) in [6.07, 6.45) is 0. The van der Waals surface area contributed by atoms with E-state index in [4.69, 9.17) is 11.6 Å². The van der Waals surface area contributed by atoms with E-state index in [9.17, 15) is 0 Å². The molecule has 1 rings (SSSR count). The van der Waals surface area contributed by atoms with Crippen LogP contribution >= 0.6 is 36.6 Å². The SMILES string of the molecule is Clc1cccc(SBr)c1. The predicted molar refractivity (Wildman–Crippen MR) is 46.2 cm³/mol. The van der Waals surface area contributed by atoms with E-state index >= 15 is 0 Å². The molecule has 0 amide bonds. The Morgan fingerprint density at radius 2 is 2.22 bits per heavy atom. The molecule has 0 nitrogen and oxygen atoms in total. The highest BCUT2D eigenvalue weighted by Gasteiger charge is 1.89. The first kappa shape index (κ1) is 7.45. The fourth-order valence-electron chi connectivity index (χ4n) is 0.515. The zero-order valence-electron chi connectivity index (χ0n) is 4.47. The van der Waals surface area contributed by atoms with Gasteiger partial charge in [0.1, 0.15) is 0 Å². The first-order chi connectivity index (χ1) is 4.33. The standard InChI is InChI=1S/C6H4BrClS/c7-9-6-3-1-2-5(8)4-6/h1-4H. The molecular weight excluding hydrogens is 219 g/mol. The third-order valence-corrected chi connectivity index (χ3v) is 2.67. The Morgan fingerprint density at radius 3 is 2.67 bits per heavy atom. The highest BCUT2D eigenvalue weighted by Crippen LogP contribution is 2.25. The van der Waals surface area contributed by atoms with Gasteiger partial charge in [0, 0.05) is 9.92 Å². The minimum absolute atomic E-state index is 0.777. The summed E-state index contributed by atoms with van der Waals surface area (Å²) in [5, 5.41) is 0.777. The molecule has 0 unspecified atom stereocenters. The summed E-state index contributed by atoms with van der Waals surface area (Å²) >= 11 is 8.94. The molecule has 0 fully saturated rings. The smallest absolute Gasteiger partial charge is 0.0417 e. The van der Waals surface area contributed by atoms with Crippen molar-refractivity contribution in [2.45, 2.75) is 4.90 Å². The lowest BCUT2D eigenvalue weighted by Gasteiger charge is -1.91. The van der Waals surface area contributed by atoms with Gasteiger partial charge in [-0.1, -0.05) is 17.7 Å². The topological polar surface area (TPSA) is 0 Å². The molecule has 1 aromatic carbocycles. The Morgan fingerprint density at radius 1 is 1.44 bits per heavy atom. The van der Waals surface area contributed by atoms with Gasteiger partial charge in [-0.2, -0.15) is 0 Å². The first-order valence-corrected chi connectivity index (χ1v) is 5.41. The van der Waals surface area contributed by atoms with Crippen molar-refractivity contribution in [1.82, 2.24) is 0 Å². The van der Waals surface area contributed by atoms with Crippen molar-refractivity contribution in [1.29, 1.82) is 0 Å². The van der Waals surface area contributed by atoms with Gasteiger partial charge in [0.05, 0.1) is 0 Å². The summed E-state index contributed by atoms with van der Waals surface area (Å²) < 4.78 is 0. The Kier molecular flexibility index (Phi) is 2.89. The monoisotopic (exact) mass is 222 g/mol. The summed E-state index contributed by atoms with van der Waals surface area (Å²) in [6, 6.07) is 7.67. The fraction of sp³-hybridized carbons (Fsp3) is 0. The van der Waals surface area contributed by atoms with E-state index < -0.39 is 0 Å². The van der Waals surface area contributed by atoms with Gasteiger partial charge in [0.25, 0.3) is 0 Å². The van der Waals surface area contributed by atoms with Gasteiger partial charge < -0.3 is 0 Å². The van der Waals surface area contributed by atoms with Crippen LogP contribution in [0.2, 0.25) is 5.02 Å². The molecule has 0 spiro atoms. The number of hydrogen-bond acceptors (Lipinski definition) is 1. The van der Waals surface area contributed by atoms with Gasteiger partial charge in [-0.05, 0) is 43.2 Å². The number of hydrogen-bond donors (Lipinski definition) is 0. The summed E-state index contributed by atoms with van der Waals surface area (Å²) in [5.74, 6) is 0. The van der Waals surface area contributed by atoms with Crippen LogP contribution in [0.5, 0.6) is 0 Å². The van der Waals surface area contributed by atoms with Crippen LogP contribution in [0.3, 0.4) is 0 Å². The number of rotatable bonds is 1. The molecule has 0 saturated carbocycles. The Labute approximate surface area is 70.8 Å². The van der Waals surface area contributed by atoms with Crippen LogP contribution in [-0.4, -0.2) is 0 Å². The maximum absolute atomic E-state index is 5.69. The van der Waals surface area contributed by atoms with E-state index in [2.05, 4.69) is 14.8 Å². The van der Waals surface area contributed by atoms with E-state index in [1.165, 1.54) is 10.2 Å². The molecule has 48 valence electrons. The molecule has 0 aliphatic carbocycles. The molecule has 1 aromatic rings. The molecular formula is C6H4BrClS. The van der Waals surface area contributed by atoms with Crippen LogP contribution in [0.25, 0.3) is 0 Å². The maximum atomic E-state index is 5.69. The molecule has 0 radical (unpaired) electrons. The van der Waals surface area contributed by atoms with Crippen LogP contribution in [0.1, 0.15) is 0 Å². The molecule has 0 N–H and O–H groups in total. The molecule has 0 aliphatic rings.